The van der Waals surface area contributed by atoms with Crippen LogP contribution in [0.15, 0.2) is 28.0 Å². The Labute approximate surface area is 120 Å². The number of rotatable bonds is 0. The fourth-order valence-electron chi connectivity index (χ4n) is 2.16. The summed E-state index contributed by atoms with van der Waals surface area (Å²) in [5.74, 6) is 0. The third kappa shape index (κ3) is 2.25. The van der Waals surface area contributed by atoms with E-state index < -0.39 is 14.0 Å². The van der Waals surface area contributed by atoms with E-state index in [0.29, 0.717) is 15.4 Å². The van der Waals surface area contributed by atoms with Crippen molar-refractivity contribution in [2.75, 3.05) is 0 Å². The van der Waals surface area contributed by atoms with Gasteiger partial charge in [-0.25, -0.2) is 0 Å². The largest absolute Gasteiger partial charge is 0.442 e. The topological polar surface area (TPSA) is 0 Å². The van der Waals surface area contributed by atoms with Gasteiger partial charge in [-0.15, -0.1) is 0 Å². The predicted molar refractivity (Wildman–Crippen MR) is 79.6 cm³/mol. The maximum absolute atomic E-state index is 13.4. The molecule has 0 aromatic heterocycles. The third-order valence-electron chi connectivity index (χ3n) is 3.30. The molecule has 1 atom stereocenters. The van der Waals surface area contributed by atoms with E-state index in [2.05, 4.69) is 35.6 Å². The Morgan fingerprint density at radius 1 is 1.11 bits per heavy atom. The summed E-state index contributed by atoms with van der Waals surface area (Å²) in [6.07, 6.45) is 1.65. The van der Waals surface area contributed by atoms with E-state index in [4.69, 9.17) is 0 Å². The molecule has 0 radical (unpaired) electrons. The molecule has 106 valence electrons. The van der Waals surface area contributed by atoms with Gasteiger partial charge in [-0.1, -0.05) is 32.9 Å². The number of hydrogen-bond donors (Lipinski definition) is 0. The van der Waals surface area contributed by atoms with Crippen LogP contribution in [-0.4, -0.2) is 5.51 Å². The van der Waals surface area contributed by atoms with Crippen molar-refractivity contribution in [2.24, 2.45) is 0 Å². The molecule has 0 fully saturated rings. The zero-order valence-corrected chi connectivity index (χ0v) is 13.6. The quantitative estimate of drug-likeness (QED) is 0.510. The van der Waals surface area contributed by atoms with Crippen LogP contribution in [0.4, 0.5) is 13.2 Å². The number of alkyl halides is 3. The number of halogens is 4. The fraction of sp³-hybridized carbons (Fsp3) is 0.429. The average molecular weight is 353 g/mol. The van der Waals surface area contributed by atoms with Crippen molar-refractivity contribution >= 4 is 29.4 Å². The van der Waals surface area contributed by atoms with Crippen LogP contribution in [0.5, 0.6) is 0 Å². The van der Waals surface area contributed by atoms with Gasteiger partial charge < -0.3 is 0 Å². The van der Waals surface area contributed by atoms with Gasteiger partial charge in [0.15, 0.2) is 0 Å². The lowest BCUT2D eigenvalue weighted by Gasteiger charge is -2.34. The molecule has 2 rings (SSSR count). The molecule has 1 aliphatic rings. The first-order valence-electron chi connectivity index (χ1n) is 5.90. The highest BCUT2D eigenvalue weighted by Crippen LogP contribution is 2.80. The Kier molecular flexibility index (Phi) is 3.38. The number of fused-ring (bicyclic) bond motifs is 1. The monoisotopic (exact) mass is 352 g/mol. The molecule has 0 amide bonds. The fourth-order valence-corrected chi connectivity index (χ4v) is 5.28. The minimum atomic E-state index is -4.26. The minimum absolute atomic E-state index is 0.0676. The molecule has 5 heteroatoms. The zero-order valence-electron chi connectivity index (χ0n) is 11.2. The lowest BCUT2D eigenvalue weighted by atomic mass is 9.86. The van der Waals surface area contributed by atoms with Crippen LogP contribution < -0.4 is 0 Å². The van der Waals surface area contributed by atoms with E-state index in [1.165, 1.54) is 0 Å². The first kappa shape index (κ1) is 15.0. The molecule has 0 aliphatic carbocycles. The highest BCUT2D eigenvalue weighted by Gasteiger charge is 2.54. The summed E-state index contributed by atoms with van der Waals surface area (Å²) in [5, 5.41) is 0. The van der Waals surface area contributed by atoms with Crippen LogP contribution in [-0.2, 0) is 5.41 Å². The molecule has 1 heterocycles. The van der Waals surface area contributed by atoms with Gasteiger partial charge in [-0.2, -0.15) is 13.2 Å². The van der Waals surface area contributed by atoms with E-state index in [0.717, 1.165) is 5.56 Å². The number of benzene rings is 1. The first-order chi connectivity index (χ1) is 8.48. The van der Waals surface area contributed by atoms with Gasteiger partial charge in [0, 0.05) is 4.90 Å². The lowest BCUT2D eigenvalue weighted by molar-refractivity contribution is -0.0355. The molecule has 1 aromatic carbocycles. The van der Waals surface area contributed by atoms with Gasteiger partial charge in [-0.3, -0.25) is 0 Å². The van der Waals surface area contributed by atoms with Crippen molar-refractivity contribution in [3.05, 3.63) is 34.2 Å². The molecule has 0 bridgehead atoms. The molecule has 1 aromatic rings. The van der Waals surface area contributed by atoms with Gasteiger partial charge in [0.05, 0.1) is 0 Å². The summed E-state index contributed by atoms with van der Waals surface area (Å²) in [5.41, 5.74) is -2.59. The van der Waals surface area contributed by atoms with Crippen LogP contribution in [0.2, 0.25) is 0 Å². The van der Waals surface area contributed by atoms with Crippen molar-refractivity contribution in [2.45, 2.75) is 43.5 Å². The Hall–Kier alpha value is -0.420. The summed E-state index contributed by atoms with van der Waals surface area (Å²) in [6, 6.07) is 5.31. The Bertz CT molecular complexity index is 555. The highest BCUT2D eigenvalue weighted by atomic mass is 79.9. The molecule has 0 N–H and O–H groups in total. The summed E-state index contributed by atoms with van der Waals surface area (Å²) in [7, 11) is -3.05. The summed E-state index contributed by atoms with van der Waals surface area (Å²) in [6.45, 7) is 7.71. The maximum Gasteiger partial charge on any atom is 0.442 e. The van der Waals surface area contributed by atoms with Crippen molar-refractivity contribution in [3.8, 4) is 0 Å². The van der Waals surface area contributed by atoms with Crippen LogP contribution in [0.3, 0.4) is 0 Å². The summed E-state index contributed by atoms with van der Waals surface area (Å²) < 4.78 is 40.1. The van der Waals surface area contributed by atoms with Crippen LogP contribution in [0.1, 0.15) is 38.8 Å². The second kappa shape index (κ2) is 4.29. The van der Waals surface area contributed by atoms with Gasteiger partial charge >= 0.3 is 5.51 Å². The Morgan fingerprint density at radius 3 is 2.16 bits per heavy atom. The van der Waals surface area contributed by atoms with Crippen molar-refractivity contribution < 1.29 is 13.2 Å². The molecule has 1 unspecified atom stereocenters. The Balaban J connectivity index is 2.62. The Morgan fingerprint density at radius 2 is 1.68 bits per heavy atom. The smallest absolute Gasteiger partial charge is 0.160 e. The van der Waals surface area contributed by atoms with Crippen molar-refractivity contribution in [3.63, 3.8) is 0 Å². The van der Waals surface area contributed by atoms with E-state index in [1.54, 1.807) is 25.1 Å². The van der Waals surface area contributed by atoms with Gasteiger partial charge in [-0.05, 0) is 63.8 Å². The van der Waals surface area contributed by atoms with Gasteiger partial charge in [0.25, 0.3) is 0 Å². The van der Waals surface area contributed by atoms with Crippen LogP contribution >= 0.6 is 23.3 Å². The molecular formula is C14H16BrF3S. The van der Waals surface area contributed by atoms with Gasteiger partial charge in [0.2, 0.25) is 0 Å². The highest BCUT2D eigenvalue weighted by molar-refractivity contribution is 9.59. The van der Waals surface area contributed by atoms with E-state index in [9.17, 15) is 13.2 Å². The van der Waals surface area contributed by atoms with E-state index in [-0.39, 0.29) is 5.41 Å². The standard InChI is InChI=1S/C14H16BrF3S/c1-9-7-10-8-11(13(2,3)4)5-6-12(10)19(9,15)14(16,17)18/h5-8H,1-4H3. The number of allylic oxidation sites excluding steroid dienone is 1. The molecule has 0 saturated heterocycles. The predicted octanol–water partition coefficient (Wildman–Crippen LogP) is 6.35. The summed E-state index contributed by atoms with van der Waals surface area (Å²) >= 11 is 3.00. The van der Waals surface area contributed by atoms with Crippen molar-refractivity contribution in [1.82, 2.24) is 0 Å². The normalized spacial score (nSPS) is 26.6. The molecule has 1 aliphatic heterocycles. The number of hydrogen-bond acceptors (Lipinski definition) is 0. The van der Waals surface area contributed by atoms with Crippen LogP contribution in [0.25, 0.3) is 6.08 Å². The SMILES string of the molecule is CC1=Cc2cc(C(C)(C)C)ccc2S1(Br)C(F)(F)F. The molecule has 0 nitrogen and oxygen atoms in total. The lowest BCUT2D eigenvalue weighted by Crippen LogP contribution is -2.15. The molecular weight excluding hydrogens is 337 g/mol. The second-order valence-corrected chi connectivity index (χ2v) is 11.3. The van der Waals surface area contributed by atoms with Crippen molar-refractivity contribution in [1.29, 1.82) is 0 Å². The third-order valence-corrected chi connectivity index (χ3v) is 9.60. The zero-order chi connectivity index (χ0) is 14.6. The summed E-state index contributed by atoms with van der Waals surface area (Å²) in [4.78, 5) is 0.728. The van der Waals surface area contributed by atoms with Crippen LogP contribution in [0, 0.1) is 0 Å². The second-order valence-electron chi connectivity index (χ2n) is 5.74. The minimum Gasteiger partial charge on any atom is -0.160 e. The molecule has 19 heavy (non-hydrogen) atoms. The van der Waals surface area contributed by atoms with E-state index >= 15 is 0 Å². The van der Waals surface area contributed by atoms with E-state index in [1.807, 2.05) is 6.07 Å². The first-order valence-corrected chi connectivity index (χ1v) is 9.37. The van der Waals surface area contributed by atoms with Gasteiger partial charge in [0.1, 0.15) is 0 Å². The maximum atomic E-state index is 13.4. The molecule has 0 saturated carbocycles. The molecule has 0 spiro atoms. The average Bonchev–Trinajstić information content (AvgIpc) is 2.50.